The van der Waals surface area contributed by atoms with Gasteiger partial charge in [-0.05, 0) is 24.6 Å². The maximum Gasteiger partial charge on any atom is 0.204 e. The highest BCUT2D eigenvalue weighted by atomic mass is 16.3. The van der Waals surface area contributed by atoms with Crippen LogP contribution in [0.25, 0.3) is 21.5 Å². The number of fused-ring (bicyclic) bond motifs is 1. The lowest BCUT2D eigenvalue weighted by atomic mass is 9.87. The number of benzene rings is 1. The Kier molecular flexibility index (Phi) is 3.87. The molecule has 130 valence electrons. The smallest absolute Gasteiger partial charge is 0.204 e. The molecule has 6 nitrogen and oxygen atoms in total. The standard InChI is InChI=1S/C21H15N5O/c1-12-15(11-22)18(17-10-14-16(27-17)8-9-25-21(14)23)20(24-2)19(26-12)13-6-4-3-5-7-13/h3-10,18,26H,1H3,(H2,23,25). The highest BCUT2D eigenvalue weighted by Crippen LogP contribution is 2.42. The van der Waals surface area contributed by atoms with Crippen molar-refractivity contribution in [3.8, 4) is 6.07 Å². The predicted octanol–water partition coefficient (Wildman–Crippen LogP) is 4.18. The molecule has 3 N–H and O–H groups in total. The van der Waals surface area contributed by atoms with Crippen molar-refractivity contribution in [2.75, 3.05) is 5.73 Å². The van der Waals surface area contributed by atoms with Crippen molar-refractivity contribution < 1.29 is 4.42 Å². The van der Waals surface area contributed by atoms with E-state index in [2.05, 4.69) is 21.2 Å². The number of hydrogen-bond acceptors (Lipinski definition) is 5. The first kappa shape index (κ1) is 16.4. The van der Waals surface area contributed by atoms with Gasteiger partial charge in [0.25, 0.3) is 0 Å². The van der Waals surface area contributed by atoms with Gasteiger partial charge in [0.05, 0.1) is 29.5 Å². The Morgan fingerprint density at radius 2 is 2.07 bits per heavy atom. The summed E-state index contributed by atoms with van der Waals surface area (Å²) in [5.74, 6) is 0.254. The highest BCUT2D eigenvalue weighted by molar-refractivity contribution is 5.88. The average Bonchev–Trinajstić information content (AvgIpc) is 3.13. The molecule has 0 saturated heterocycles. The van der Waals surface area contributed by atoms with E-state index in [0.29, 0.717) is 45.2 Å². The van der Waals surface area contributed by atoms with Crippen LogP contribution in [0.5, 0.6) is 0 Å². The summed E-state index contributed by atoms with van der Waals surface area (Å²) in [6.07, 6.45) is 1.57. The van der Waals surface area contributed by atoms with Crippen molar-refractivity contribution in [2.45, 2.75) is 12.8 Å². The fraction of sp³-hybridized carbons (Fsp3) is 0.0952. The first-order valence-electron chi connectivity index (χ1n) is 8.33. The summed E-state index contributed by atoms with van der Waals surface area (Å²) in [7, 11) is 0. The Morgan fingerprint density at radius 3 is 2.74 bits per heavy atom. The summed E-state index contributed by atoms with van der Waals surface area (Å²) in [5, 5.41) is 13.6. The van der Waals surface area contributed by atoms with Crippen LogP contribution in [0.3, 0.4) is 0 Å². The van der Waals surface area contributed by atoms with Gasteiger partial charge in [-0.15, -0.1) is 0 Å². The van der Waals surface area contributed by atoms with E-state index < -0.39 is 5.92 Å². The normalized spacial score (nSPS) is 16.8. The topological polar surface area (TPSA) is 92.2 Å². The van der Waals surface area contributed by atoms with E-state index in [1.54, 1.807) is 18.3 Å². The zero-order chi connectivity index (χ0) is 19.0. The molecule has 1 aliphatic rings. The van der Waals surface area contributed by atoms with Gasteiger partial charge in [0.2, 0.25) is 5.70 Å². The minimum Gasteiger partial charge on any atom is -0.461 e. The third-order valence-electron chi connectivity index (χ3n) is 4.62. The third kappa shape index (κ3) is 2.61. The van der Waals surface area contributed by atoms with Gasteiger partial charge in [-0.25, -0.2) is 9.83 Å². The fourth-order valence-electron chi connectivity index (χ4n) is 3.33. The van der Waals surface area contributed by atoms with Gasteiger partial charge >= 0.3 is 0 Å². The van der Waals surface area contributed by atoms with Gasteiger partial charge in [-0.2, -0.15) is 5.26 Å². The molecule has 3 heterocycles. The number of furan rings is 1. The minimum atomic E-state index is -0.601. The van der Waals surface area contributed by atoms with Crippen LogP contribution in [0.2, 0.25) is 0 Å². The van der Waals surface area contributed by atoms with Crippen molar-refractivity contribution in [1.82, 2.24) is 10.3 Å². The van der Waals surface area contributed by atoms with Crippen molar-refractivity contribution in [3.63, 3.8) is 0 Å². The lowest BCUT2D eigenvalue weighted by Crippen LogP contribution is -2.23. The minimum absolute atomic E-state index is 0.354. The molecule has 2 aromatic heterocycles. The van der Waals surface area contributed by atoms with Crippen molar-refractivity contribution in [3.05, 3.63) is 88.4 Å². The highest BCUT2D eigenvalue weighted by Gasteiger charge is 2.34. The van der Waals surface area contributed by atoms with Crippen LogP contribution in [-0.4, -0.2) is 4.98 Å². The third-order valence-corrected chi connectivity index (χ3v) is 4.62. The van der Waals surface area contributed by atoms with Gasteiger partial charge in [0.1, 0.15) is 17.2 Å². The second-order valence-corrected chi connectivity index (χ2v) is 6.20. The van der Waals surface area contributed by atoms with Crippen LogP contribution in [0.4, 0.5) is 5.82 Å². The van der Waals surface area contributed by atoms with Crippen molar-refractivity contribution >= 4 is 22.5 Å². The molecule has 6 heteroatoms. The zero-order valence-corrected chi connectivity index (χ0v) is 14.5. The number of hydrogen-bond donors (Lipinski definition) is 2. The molecule has 0 radical (unpaired) electrons. The van der Waals surface area contributed by atoms with E-state index in [1.807, 2.05) is 37.3 Å². The fourth-order valence-corrected chi connectivity index (χ4v) is 3.33. The first-order chi connectivity index (χ1) is 13.1. The largest absolute Gasteiger partial charge is 0.461 e. The van der Waals surface area contributed by atoms with Crippen LogP contribution in [0, 0.1) is 17.9 Å². The maximum atomic E-state index is 9.74. The molecule has 0 fully saturated rings. The predicted molar refractivity (Wildman–Crippen MR) is 103 cm³/mol. The maximum absolute atomic E-state index is 9.74. The number of nitrogens with one attached hydrogen (secondary N) is 1. The second kappa shape index (κ2) is 6.36. The van der Waals surface area contributed by atoms with Gasteiger partial charge < -0.3 is 15.5 Å². The summed E-state index contributed by atoms with van der Waals surface area (Å²) in [4.78, 5) is 7.84. The van der Waals surface area contributed by atoms with Crippen molar-refractivity contribution in [1.29, 1.82) is 5.26 Å². The molecule has 0 saturated carbocycles. The molecule has 27 heavy (non-hydrogen) atoms. The lowest BCUT2D eigenvalue weighted by molar-refractivity contribution is 0.537. The van der Waals surface area contributed by atoms with Crippen LogP contribution in [0.15, 0.2) is 70.0 Å². The Labute approximate surface area is 156 Å². The van der Waals surface area contributed by atoms with Crippen LogP contribution in [0.1, 0.15) is 24.2 Å². The molecule has 1 atom stereocenters. The molecule has 0 aliphatic carbocycles. The zero-order valence-electron chi connectivity index (χ0n) is 14.5. The van der Waals surface area contributed by atoms with E-state index >= 15 is 0 Å². The molecule has 1 aromatic carbocycles. The molecule has 0 bridgehead atoms. The average molecular weight is 353 g/mol. The molecule has 4 rings (SSSR count). The second-order valence-electron chi connectivity index (χ2n) is 6.20. The number of nitrogens with zero attached hydrogens (tertiary/aromatic N) is 3. The lowest BCUT2D eigenvalue weighted by Gasteiger charge is -2.26. The van der Waals surface area contributed by atoms with Gasteiger partial charge in [0.15, 0.2) is 0 Å². The summed E-state index contributed by atoms with van der Waals surface area (Å²) in [6, 6.07) is 15.3. The number of pyridine rings is 1. The van der Waals surface area contributed by atoms with E-state index in [9.17, 15) is 5.26 Å². The summed E-state index contributed by atoms with van der Waals surface area (Å²) < 4.78 is 5.97. The first-order valence-corrected chi connectivity index (χ1v) is 8.33. The number of nitrogens with two attached hydrogens (primary N) is 1. The van der Waals surface area contributed by atoms with Gasteiger partial charge in [-0.1, -0.05) is 30.3 Å². The molecule has 0 amide bonds. The molecular weight excluding hydrogens is 338 g/mol. The Morgan fingerprint density at radius 1 is 1.30 bits per heavy atom. The number of anilines is 1. The quantitative estimate of drug-likeness (QED) is 0.674. The van der Waals surface area contributed by atoms with E-state index in [4.69, 9.17) is 16.7 Å². The molecule has 1 aliphatic heterocycles. The number of rotatable bonds is 2. The monoisotopic (exact) mass is 353 g/mol. The summed E-state index contributed by atoms with van der Waals surface area (Å²) in [5.41, 5.74) is 9.64. The number of nitrogen functional groups attached to an aromatic ring is 1. The van der Waals surface area contributed by atoms with Crippen LogP contribution in [-0.2, 0) is 0 Å². The number of allylic oxidation sites excluding steroid dienone is 2. The van der Waals surface area contributed by atoms with Crippen LogP contribution >= 0.6 is 0 Å². The van der Waals surface area contributed by atoms with Crippen molar-refractivity contribution in [2.24, 2.45) is 0 Å². The Hall–Kier alpha value is -4.03. The van der Waals surface area contributed by atoms with Crippen LogP contribution < -0.4 is 11.1 Å². The number of nitriles is 1. The Balaban J connectivity index is 1.97. The van der Waals surface area contributed by atoms with E-state index in [1.165, 1.54) is 0 Å². The summed E-state index contributed by atoms with van der Waals surface area (Å²) >= 11 is 0. The summed E-state index contributed by atoms with van der Waals surface area (Å²) in [6.45, 7) is 9.61. The van der Waals surface area contributed by atoms with Gasteiger partial charge in [0, 0.05) is 17.6 Å². The van der Waals surface area contributed by atoms with E-state index in [0.717, 1.165) is 5.56 Å². The number of aromatic nitrogens is 1. The molecule has 3 aromatic rings. The SMILES string of the molecule is [C-]#[N+]C1=C(c2ccccc2)NC(C)=C(C#N)C1c1cc2c(N)nccc2o1. The molecular formula is C21H15N5O. The van der Waals surface area contributed by atoms with E-state index in [-0.39, 0.29) is 0 Å². The molecule has 1 unspecified atom stereocenters. The van der Waals surface area contributed by atoms with Gasteiger partial charge in [-0.3, -0.25) is 0 Å². The molecule has 0 spiro atoms. The number of dihydropyridines is 1. The Bertz CT molecular complexity index is 1190.